The summed E-state index contributed by atoms with van der Waals surface area (Å²) in [6.07, 6.45) is 1.73. The molecule has 0 bridgehead atoms. The van der Waals surface area contributed by atoms with Gasteiger partial charge in [0.1, 0.15) is 5.82 Å². The fourth-order valence-electron chi connectivity index (χ4n) is 2.48. The number of nitrogens with zero attached hydrogens (tertiary/aromatic N) is 4. The van der Waals surface area contributed by atoms with Gasteiger partial charge in [0.2, 0.25) is 0 Å². The lowest BCUT2D eigenvalue weighted by Crippen LogP contribution is -2.55. The van der Waals surface area contributed by atoms with Crippen LogP contribution in [0.2, 0.25) is 0 Å². The highest BCUT2D eigenvalue weighted by atomic mass is 16.4. The van der Waals surface area contributed by atoms with Gasteiger partial charge in [-0.25, -0.2) is 4.98 Å². The second kappa shape index (κ2) is 5.44. The Kier molecular flexibility index (Phi) is 3.90. The number of hydrogen-bond donors (Lipinski definition) is 2. The molecule has 0 amide bonds. The molecule has 1 saturated heterocycles. The van der Waals surface area contributed by atoms with Crippen molar-refractivity contribution in [2.24, 2.45) is 10.9 Å². The molecule has 1 aliphatic rings. The molecule has 0 spiro atoms. The summed E-state index contributed by atoms with van der Waals surface area (Å²) in [7, 11) is 2.13. The standard InChI is InChI=1S/C13H21N5O/c1-9-7-18(8-10(2)17(9)3)13-11(12(14)16-19)5-4-6-15-13/h4-6,9-10,19H,7-8H2,1-3H3,(H2,14,16). The van der Waals surface area contributed by atoms with Crippen LogP contribution in [0.3, 0.4) is 0 Å². The highest BCUT2D eigenvalue weighted by Crippen LogP contribution is 2.22. The topological polar surface area (TPSA) is 78.0 Å². The van der Waals surface area contributed by atoms with E-state index in [2.05, 4.69) is 40.8 Å². The Labute approximate surface area is 113 Å². The molecule has 1 aromatic rings. The van der Waals surface area contributed by atoms with Gasteiger partial charge >= 0.3 is 0 Å². The van der Waals surface area contributed by atoms with Gasteiger partial charge in [-0.05, 0) is 33.0 Å². The first-order valence-electron chi connectivity index (χ1n) is 6.44. The Morgan fingerprint density at radius 1 is 1.42 bits per heavy atom. The van der Waals surface area contributed by atoms with E-state index in [1.54, 1.807) is 12.3 Å². The summed E-state index contributed by atoms with van der Waals surface area (Å²) in [6.45, 7) is 6.14. The molecule has 1 aliphatic heterocycles. The van der Waals surface area contributed by atoms with Gasteiger partial charge in [0.05, 0.1) is 5.56 Å². The minimum absolute atomic E-state index is 0.0994. The molecule has 2 heterocycles. The number of amidine groups is 1. The fourth-order valence-corrected chi connectivity index (χ4v) is 2.48. The van der Waals surface area contributed by atoms with Gasteiger partial charge in [-0.3, -0.25) is 4.90 Å². The Morgan fingerprint density at radius 2 is 2.05 bits per heavy atom. The van der Waals surface area contributed by atoms with Crippen molar-refractivity contribution in [1.29, 1.82) is 0 Å². The Morgan fingerprint density at radius 3 is 2.63 bits per heavy atom. The molecule has 1 fully saturated rings. The van der Waals surface area contributed by atoms with Crippen molar-refractivity contribution >= 4 is 11.7 Å². The molecule has 2 unspecified atom stereocenters. The van der Waals surface area contributed by atoms with Crippen molar-refractivity contribution in [1.82, 2.24) is 9.88 Å². The molecular formula is C13H21N5O. The van der Waals surface area contributed by atoms with Crippen molar-refractivity contribution in [2.45, 2.75) is 25.9 Å². The van der Waals surface area contributed by atoms with Crippen LogP contribution in [0.5, 0.6) is 0 Å². The zero-order valence-corrected chi connectivity index (χ0v) is 11.6. The monoisotopic (exact) mass is 263 g/mol. The lowest BCUT2D eigenvalue weighted by Gasteiger charge is -2.43. The molecule has 0 aliphatic carbocycles. The molecule has 6 heteroatoms. The summed E-state index contributed by atoms with van der Waals surface area (Å²) in [4.78, 5) is 8.95. The third-order valence-corrected chi connectivity index (χ3v) is 3.83. The number of anilines is 1. The number of rotatable bonds is 2. The molecule has 3 N–H and O–H groups in total. The predicted molar refractivity (Wildman–Crippen MR) is 75.6 cm³/mol. The minimum Gasteiger partial charge on any atom is -0.409 e. The van der Waals surface area contributed by atoms with Gasteiger partial charge in [0.25, 0.3) is 0 Å². The highest BCUT2D eigenvalue weighted by Gasteiger charge is 2.28. The first-order valence-corrected chi connectivity index (χ1v) is 6.44. The van der Waals surface area contributed by atoms with Gasteiger partial charge in [-0.2, -0.15) is 0 Å². The molecule has 1 aromatic heterocycles. The number of hydrogen-bond acceptors (Lipinski definition) is 5. The average Bonchev–Trinajstić information content (AvgIpc) is 2.43. The maximum atomic E-state index is 8.87. The number of pyridine rings is 1. The van der Waals surface area contributed by atoms with Crippen LogP contribution in [0.15, 0.2) is 23.5 Å². The van der Waals surface area contributed by atoms with E-state index >= 15 is 0 Å². The minimum atomic E-state index is 0.0994. The second-order valence-corrected chi connectivity index (χ2v) is 5.13. The number of aromatic nitrogens is 1. The van der Waals surface area contributed by atoms with Crippen LogP contribution in [0, 0.1) is 0 Å². The van der Waals surface area contributed by atoms with E-state index in [1.807, 2.05) is 6.07 Å². The molecule has 6 nitrogen and oxygen atoms in total. The third kappa shape index (κ3) is 2.63. The molecular weight excluding hydrogens is 242 g/mol. The van der Waals surface area contributed by atoms with Crippen LogP contribution in [0.25, 0.3) is 0 Å². The highest BCUT2D eigenvalue weighted by molar-refractivity contribution is 6.01. The van der Waals surface area contributed by atoms with E-state index in [1.165, 1.54) is 0 Å². The first-order chi connectivity index (χ1) is 9.04. The summed E-state index contributed by atoms with van der Waals surface area (Å²) < 4.78 is 0. The molecule has 0 radical (unpaired) electrons. The quantitative estimate of drug-likeness (QED) is 0.355. The van der Waals surface area contributed by atoms with Crippen LogP contribution >= 0.6 is 0 Å². The number of nitrogens with two attached hydrogens (primary N) is 1. The van der Waals surface area contributed by atoms with E-state index in [0.717, 1.165) is 18.9 Å². The second-order valence-electron chi connectivity index (χ2n) is 5.13. The maximum absolute atomic E-state index is 8.87. The zero-order valence-electron chi connectivity index (χ0n) is 11.6. The maximum Gasteiger partial charge on any atom is 0.173 e. The predicted octanol–water partition coefficient (Wildman–Crippen LogP) is 0.705. The molecule has 104 valence electrons. The van der Waals surface area contributed by atoms with Crippen LogP contribution in [-0.4, -0.2) is 53.1 Å². The summed E-state index contributed by atoms with van der Waals surface area (Å²) in [5, 5.41) is 12.0. The SMILES string of the molecule is CC1CN(c2ncccc2/C(N)=N/O)CC(C)N1C. The van der Waals surface area contributed by atoms with E-state index in [0.29, 0.717) is 17.6 Å². The van der Waals surface area contributed by atoms with Crippen LogP contribution in [-0.2, 0) is 0 Å². The normalized spacial score (nSPS) is 25.6. The zero-order chi connectivity index (χ0) is 14.0. The number of likely N-dealkylation sites (N-methyl/N-ethyl adjacent to an activating group) is 1. The molecule has 0 aromatic carbocycles. The van der Waals surface area contributed by atoms with Crippen LogP contribution in [0.1, 0.15) is 19.4 Å². The largest absolute Gasteiger partial charge is 0.409 e. The van der Waals surface area contributed by atoms with Gasteiger partial charge in [-0.15, -0.1) is 0 Å². The van der Waals surface area contributed by atoms with E-state index in [9.17, 15) is 0 Å². The number of piperazine rings is 1. The van der Waals surface area contributed by atoms with E-state index < -0.39 is 0 Å². The molecule has 2 atom stereocenters. The van der Waals surface area contributed by atoms with Crippen LogP contribution in [0.4, 0.5) is 5.82 Å². The molecule has 0 saturated carbocycles. The van der Waals surface area contributed by atoms with E-state index in [4.69, 9.17) is 10.9 Å². The van der Waals surface area contributed by atoms with Crippen molar-refractivity contribution < 1.29 is 5.21 Å². The van der Waals surface area contributed by atoms with Crippen LogP contribution < -0.4 is 10.6 Å². The van der Waals surface area contributed by atoms with Gasteiger partial charge < -0.3 is 15.8 Å². The summed E-state index contributed by atoms with van der Waals surface area (Å²) in [5.74, 6) is 0.881. The van der Waals surface area contributed by atoms with E-state index in [-0.39, 0.29) is 5.84 Å². The lowest BCUT2D eigenvalue weighted by atomic mass is 10.1. The smallest absolute Gasteiger partial charge is 0.173 e. The Bertz CT molecular complexity index is 464. The van der Waals surface area contributed by atoms with Crippen molar-refractivity contribution in [3.05, 3.63) is 23.9 Å². The number of oxime groups is 1. The summed E-state index contributed by atoms with van der Waals surface area (Å²) in [5.41, 5.74) is 6.40. The van der Waals surface area contributed by atoms with Crippen molar-refractivity contribution in [3.63, 3.8) is 0 Å². The van der Waals surface area contributed by atoms with Gasteiger partial charge in [-0.1, -0.05) is 5.16 Å². The first kappa shape index (κ1) is 13.6. The lowest BCUT2D eigenvalue weighted by molar-refractivity contribution is 0.169. The van der Waals surface area contributed by atoms with Crippen molar-refractivity contribution in [2.75, 3.05) is 25.0 Å². The fraction of sp³-hybridized carbons (Fsp3) is 0.538. The molecule has 2 rings (SSSR count). The third-order valence-electron chi connectivity index (χ3n) is 3.83. The summed E-state index contributed by atoms with van der Waals surface area (Å²) in [6, 6.07) is 4.49. The van der Waals surface area contributed by atoms with Gasteiger partial charge in [0.15, 0.2) is 5.84 Å². The van der Waals surface area contributed by atoms with Crippen molar-refractivity contribution in [3.8, 4) is 0 Å². The Hall–Kier alpha value is -1.82. The summed E-state index contributed by atoms with van der Waals surface area (Å²) >= 11 is 0. The Balaban J connectivity index is 2.32. The average molecular weight is 263 g/mol. The molecule has 19 heavy (non-hydrogen) atoms. The van der Waals surface area contributed by atoms with Gasteiger partial charge in [0, 0.05) is 31.4 Å².